The van der Waals surface area contributed by atoms with Crippen LogP contribution in [0.3, 0.4) is 0 Å². The molecular weight excluding hydrogens is 362 g/mol. The third kappa shape index (κ3) is 4.95. The van der Waals surface area contributed by atoms with Crippen LogP contribution in [-0.2, 0) is 11.2 Å². The van der Waals surface area contributed by atoms with Crippen LogP contribution < -0.4 is 16.4 Å². The first-order chi connectivity index (χ1) is 13.2. The fraction of sp³-hybridized carbons (Fsp3) is 0.211. The molecule has 0 aliphatic rings. The predicted molar refractivity (Wildman–Crippen MR) is 109 cm³/mol. The van der Waals surface area contributed by atoms with Crippen LogP contribution in [0.15, 0.2) is 48.1 Å². The SMILES string of the molecule is CCOC(=O)c1ccc(Nc2ncnc(NCCc3cccs3)c2N)cc1. The summed E-state index contributed by atoms with van der Waals surface area (Å²) in [5.74, 6) is 0.752. The Morgan fingerprint density at radius 2 is 1.96 bits per heavy atom. The van der Waals surface area contributed by atoms with Crippen LogP contribution in [0, 0.1) is 0 Å². The number of thiophene rings is 1. The van der Waals surface area contributed by atoms with Crippen molar-refractivity contribution in [3.8, 4) is 0 Å². The van der Waals surface area contributed by atoms with Gasteiger partial charge in [-0.25, -0.2) is 14.8 Å². The summed E-state index contributed by atoms with van der Waals surface area (Å²) in [7, 11) is 0. The lowest BCUT2D eigenvalue weighted by Crippen LogP contribution is -2.10. The number of nitrogens with two attached hydrogens (primary N) is 1. The topological polar surface area (TPSA) is 102 Å². The third-order valence-electron chi connectivity index (χ3n) is 3.79. The quantitative estimate of drug-likeness (QED) is 0.510. The standard InChI is InChI=1S/C19H21N5O2S/c1-2-26-19(25)13-5-7-14(8-6-13)24-18-16(20)17(22-12-23-18)21-10-9-15-4-3-11-27-15/h3-8,11-12H,2,9-10,20H2,1H3,(H2,21,22,23,24). The van der Waals surface area contributed by atoms with E-state index in [2.05, 4.69) is 32.0 Å². The van der Waals surface area contributed by atoms with E-state index in [0.717, 1.165) is 18.7 Å². The van der Waals surface area contributed by atoms with Gasteiger partial charge < -0.3 is 21.1 Å². The number of hydrogen-bond acceptors (Lipinski definition) is 8. The molecule has 0 saturated heterocycles. The molecule has 0 fully saturated rings. The first-order valence-electron chi connectivity index (χ1n) is 8.58. The number of esters is 1. The highest BCUT2D eigenvalue weighted by molar-refractivity contribution is 7.09. The minimum Gasteiger partial charge on any atom is -0.462 e. The molecule has 0 atom stereocenters. The molecule has 1 aromatic carbocycles. The summed E-state index contributed by atoms with van der Waals surface area (Å²) in [6.45, 7) is 2.85. The highest BCUT2D eigenvalue weighted by Crippen LogP contribution is 2.26. The average molecular weight is 383 g/mol. The Hall–Kier alpha value is -3.13. The van der Waals surface area contributed by atoms with Crippen LogP contribution in [-0.4, -0.2) is 29.1 Å². The Kier molecular flexibility index (Phi) is 6.22. The molecule has 7 nitrogen and oxygen atoms in total. The first kappa shape index (κ1) is 18.7. The van der Waals surface area contributed by atoms with Crippen molar-refractivity contribution in [2.24, 2.45) is 0 Å². The molecule has 3 rings (SSSR count). The van der Waals surface area contributed by atoms with Crippen LogP contribution in [0.25, 0.3) is 0 Å². The lowest BCUT2D eigenvalue weighted by atomic mass is 10.2. The van der Waals surface area contributed by atoms with Gasteiger partial charge in [-0.1, -0.05) is 6.07 Å². The summed E-state index contributed by atoms with van der Waals surface area (Å²) in [4.78, 5) is 21.4. The van der Waals surface area contributed by atoms with Crippen molar-refractivity contribution in [1.29, 1.82) is 0 Å². The van der Waals surface area contributed by atoms with Crippen LogP contribution in [0.1, 0.15) is 22.2 Å². The lowest BCUT2D eigenvalue weighted by Gasteiger charge is -2.12. The van der Waals surface area contributed by atoms with E-state index >= 15 is 0 Å². The summed E-state index contributed by atoms with van der Waals surface area (Å²) in [5.41, 5.74) is 7.89. The third-order valence-corrected chi connectivity index (χ3v) is 4.72. The van der Waals surface area contributed by atoms with E-state index in [9.17, 15) is 4.79 Å². The van der Waals surface area contributed by atoms with Crippen molar-refractivity contribution < 1.29 is 9.53 Å². The molecule has 0 unspecified atom stereocenters. The van der Waals surface area contributed by atoms with Crippen LogP contribution in [0.2, 0.25) is 0 Å². The number of nitrogens with one attached hydrogen (secondary N) is 2. The highest BCUT2D eigenvalue weighted by Gasteiger charge is 2.10. The molecule has 0 spiro atoms. The summed E-state index contributed by atoms with van der Waals surface area (Å²) >= 11 is 1.72. The second-order valence-electron chi connectivity index (χ2n) is 5.66. The van der Waals surface area contributed by atoms with Crippen LogP contribution in [0.4, 0.5) is 23.0 Å². The van der Waals surface area contributed by atoms with Gasteiger partial charge in [-0.05, 0) is 49.1 Å². The maximum atomic E-state index is 11.7. The second kappa shape index (κ2) is 9.00. The largest absolute Gasteiger partial charge is 0.462 e. The van der Waals surface area contributed by atoms with Gasteiger partial charge in [-0.2, -0.15) is 0 Å². The van der Waals surface area contributed by atoms with E-state index in [4.69, 9.17) is 10.5 Å². The molecule has 0 bridgehead atoms. The fourth-order valence-electron chi connectivity index (χ4n) is 2.44. The summed E-state index contributed by atoms with van der Waals surface area (Å²) < 4.78 is 4.98. The fourth-order valence-corrected chi connectivity index (χ4v) is 3.14. The van der Waals surface area contributed by atoms with E-state index in [1.807, 2.05) is 6.07 Å². The van der Waals surface area contributed by atoms with E-state index < -0.39 is 0 Å². The zero-order valence-electron chi connectivity index (χ0n) is 14.9. The molecular formula is C19H21N5O2S. The maximum Gasteiger partial charge on any atom is 0.338 e. The van der Waals surface area contributed by atoms with Crippen molar-refractivity contribution in [2.45, 2.75) is 13.3 Å². The van der Waals surface area contributed by atoms with Gasteiger partial charge in [0, 0.05) is 17.1 Å². The molecule has 0 amide bonds. The molecule has 2 aromatic heterocycles. The Balaban J connectivity index is 1.63. The number of benzene rings is 1. The molecule has 3 aromatic rings. The van der Waals surface area contributed by atoms with Gasteiger partial charge in [-0.15, -0.1) is 11.3 Å². The zero-order chi connectivity index (χ0) is 19.1. The summed E-state index contributed by atoms with van der Waals surface area (Å²) in [6.07, 6.45) is 2.36. The number of anilines is 4. The molecule has 8 heteroatoms. The lowest BCUT2D eigenvalue weighted by molar-refractivity contribution is 0.0526. The second-order valence-corrected chi connectivity index (χ2v) is 6.70. The Labute approximate surface area is 161 Å². The molecule has 27 heavy (non-hydrogen) atoms. The van der Waals surface area contributed by atoms with Gasteiger partial charge in [0.15, 0.2) is 11.6 Å². The van der Waals surface area contributed by atoms with Crippen molar-refractivity contribution in [3.63, 3.8) is 0 Å². The number of rotatable bonds is 8. The Morgan fingerprint density at radius 1 is 1.19 bits per heavy atom. The van der Waals surface area contributed by atoms with E-state index in [1.165, 1.54) is 11.2 Å². The van der Waals surface area contributed by atoms with Gasteiger partial charge in [0.25, 0.3) is 0 Å². The predicted octanol–water partition coefficient (Wildman–Crippen LogP) is 3.70. The van der Waals surface area contributed by atoms with E-state index in [0.29, 0.717) is 29.5 Å². The van der Waals surface area contributed by atoms with Gasteiger partial charge in [0.05, 0.1) is 12.2 Å². The van der Waals surface area contributed by atoms with Crippen molar-refractivity contribution >= 4 is 40.3 Å². The van der Waals surface area contributed by atoms with Crippen LogP contribution >= 0.6 is 11.3 Å². The maximum absolute atomic E-state index is 11.7. The number of nitrogen functional groups attached to an aromatic ring is 1. The highest BCUT2D eigenvalue weighted by atomic mass is 32.1. The molecule has 2 heterocycles. The number of aromatic nitrogens is 2. The summed E-state index contributed by atoms with van der Waals surface area (Å²) in [5, 5.41) is 8.45. The normalized spacial score (nSPS) is 10.4. The van der Waals surface area contributed by atoms with Crippen molar-refractivity contribution in [1.82, 2.24) is 9.97 Å². The zero-order valence-corrected chi connectivity index (χ0v) is 15.8. The first-order valence-corrected chi connectivity index (χ1v) is 9.46. The van der Waals surface area contributed by atoms with Crippen molar-refractivity contribution in [2.75, 3.05) is 29.5 Å². The van der Waals surface area contributed by atoms with Crippen molar-refractivity contribution in [3.05, 3.63) is 58.5 Å². The molecule has 140 valence electrons. The Bertz CT molecular complexity index is 882. The Morgan fingerprint density at radius 3 is 2.67 bits per heavy atom. The van der Waals surface area contributed by atoms with Gasteiger partial charge in [-0.3, -0.25) is 0 Å². The minimum atomic E-state index is -0.345. The molecule has 4 N–H and O–H groups in total. The molecule has 0 saturated carbocycles. The van der Waals surface area contributed by atoms with Gasteiger partial charge in [0.1, 0.15) is 12.0 Å². The average Bonchev–Trinajstić information content (AvgIpc) is 3.19. The number of ether oxygens (including phenoxy) is 1. The number of nitrogens with zero attached hydrogens (tertiary/aromatic N) is 2. The van der Waals surface area contributed by atoms with Gasteiger partial charge in [0.2, 0.25) is 0 Å². The van der Waals surface area contributed by atoms with Gasteiger partial charge >= 0.3 is 5.97 Å². The van der Waals surface area contributed by atoms with E-state index in [1.54, 1.807) is 42.5 Å². The van der Waals surface area contributed by atoms with E-state index in [-0.39, 0.29) is 5.97 Å². The number of carbonyl (C=O) groups is 1. The number of carbonyl (C=O) groups excluding carboxylic acids is 1. The molecule has 0 aliphatic carbocycles. The molecule has 0 aliphatic heterocycles. The monoisotopic (exact) mass is 383 g/mol. The summed E-state index contributed by atoms with van der Waals surface area (Å²) in [6, 6.07) is 11.1. The number of hydrogen-bond donors (Lipinski definition) is 3. The smallest absolute Gasteiger partial charge is 0.338 e. The minimum absolute atomic E-state index is 0.345. The molecule has 0 radical (unpaired) electrons. The van der Waals surface area contributed by atoms with Crippen LogP contribution in [0.5, 0.6) is 0 Å².